The summed E-state index contributed by atoms with van der Waals surface area (Å²) in [7, 11) is 1.59. The van der Waals surface area contributed by atoms with Gasteiger partial charge in [-0.2, -0.15) is 5.10 Å². The Balaban J connectivity index is 2.00. The van der Waals surface area contributed by atoms with Crippen molar-refractivity contribution in [2.75, 3.05) is 13.7 Å². The molecule has 2 aromatic carbocycles. The predicted molar refractivity (Wildman–Crippen MR) is 99.7 cm³/mol. The quantitative estimate of drug-likeness (QED) is 0.532. The van der Waals surface area contributed by atoms with Gasteiger partial charge < -0.3 is 14.9 Å². The minimum atomic E-state index is 0.502. The molecule has 0 saturated heterocycles. The number of hydrazone groups is 1. The van der Waals surface area contributed by atoms with Gasteiger partial charge in [-0.15, -0.1) is 0 Å². The lowest BCUT2D eigenvalue weighted by Crippen LogP contribution is -2.05. The molecule has 4 nitrogen and oxygen atoms in total. The van der Waals surface area contributed by atoms with Gasteiger partial charge in [0.1, 0.15) is 0 Å². The summed E-state index contributed by atoms with van der Waals surface area (Å²) in [5.74, 6) is 1.15. The van der Waals surface area contributed by atoms with Crippen LogP contribution in [-0.2, 0) is 6.54 Å². The zero-order valence-electron chi connectivity index (χ0n) is 13.7. The first kappa shape index (κ1) is 18.4. The van der Waals surface area contributed by atoms with Crippen LogP contribution in [0.4, 0.5) is 0 Å². The van der Waals surface area contributed by atoms with Crippen molar-refractivity contribution in [1.29, 1.82) is 0 Å². The SMILES string of the molecule is CCCOc1c(Cl)cc(/C=N\NCc2ccc(Cl)cc2)cc1OC. The van der Waals surface area contributed by atoms with Gasteiger partial charge in [-0.05, 0) is 41.8 Å². The first-order chi connectivity index (χ1) is 11.6. The second-order valence-electron chi connectivity index (χ2n) is 5.10. The molecule has 0 radical (unpaired) electrons. The number of nitrogens with zero attached hydrogens (tertiary/aromatic N) is 1. The zero-order chi connectivity index (χ0) is 17.4. The second-order valence-corrected chi connectivity index (χ2v) is 5.95. The Kier molecular flexibility index (Phi) is 7.22. The zero-order valence-corrected chi connectivity index (χ0v) is 15.2. The summed E-state index contributed by atoms with van der Waals surface area (Å²) in [5.41, 5.74) is 4.90. The second kappa shape index (κ2) is 9.40. The van der Waals surface area contributed by atoms with Crippen molar-refractivity contribution in [3.05, 3.63) is 57.6 Å². The Hall–Kier alpha value is -1.91. The van der Waals surface area contributed by atoms with E-state index >= 15 is 0 Å². The van der Waals surface area contributed by atoms with Crippen molar-refractivity contribution in [2.45, 2.75) is 19.9 Å². The maximum absolute atomic E-state index is 6.27. The maximum Gasteiger partial charge on any atom is 0.179 e. The van der Waals surface area contributed by atoms with E-state index in [0.717, 1.165) is 22.6 Å². The van der Waals surface area contributed by atoms with Gasteiger partial charge in [-0.1, -0.05) is 42.3 Å². The fraction of sp³-hybridized carbons (Fsp3) is 0.278. The van der Waals surface area contributed by atoms with E-state index in [1.807, 2.05) is 37.3 Å². The van der Waals surface area contributed by atoms with Gasteiger partial charge in [0, 0.05) is 5.02 Å². The van der Waals surface area contributed by atoms with E-state index in [0.29, 0.717) is 29.7 Å². The minimum Gasteiger partial charge on any atom is -0.493 e. The highest BCUT2D eigenvalue weighted by atomic mass is 35.5. The topological polar surface area (TPSA) is 42.8 Å². The molecule has 0 aromatic heterocycles. The molecule has 1 N–H and O–H groups in total. The molecule has 2 aromatic rings. The molecule has 0 atom stereocenters. The molecule has 0 aliphatic carbocycles. The number of hydrogen-bond acceptors (Lipinski definition) is 4. The van der Waals surface area contributed by atoms with Gasteiger partial charge >= 0.3 is 0 Å². The summed E-state index contributed by atoms with van der Waals surface area (Å²) in [6.45, 7) is 3.23. The fourth-order valence-electron chi connectivity index (χ4n) is 2.02. The van der Waals surface area contributed by atoms with Crippen LogP contribution in [0.1, 0.15) is 24.5 Å². The molecule has 128 valence electrons. The van der Waals surface area contributed by atoms with E-state index in [4.69, 9.17) is 32.7 Å². The molecule has 24 heavy (non-hydrogen) atoms. The van der Waals surface area contributed by atoms with Crippen molar-refractivity contribution in [1.82, 2.24) is 5.43 Å². The number of benzene rings is 2. The van der Waals surface area contributed by atoms with E-state index in [1.165, 1.54) is 0 Å². The van der Waals surface area contributed by atoms with E-state index < -0.39 is 0 Å². The first-order valence-electron chi connectivity index (χ1n) is 7.64. The van der Waals surface area contributed by atoms with Crippen LogP contribution in [0.5, 0.6) is 11.5 Å². The van der Waals surface area contributed by atoms with Crippen LogP contribution in [0.15, 0.2) is 41.5 Å². The van der Waals surface area contributed by atoms with Gasteiger partial charge in [0.25, 0.3) is 0 Å². The smallest absolute Gasteiger partial charge is 0.179 e. The lowest BCUT2D eigenvalue weighted by atomic mass is 10.2. The summed E-state index contributed by atoms with van der Waals surface area (Å²) in [5, 5.41) is 5.42. The number of methoxy groups -OCH3 is 1. The Morgan fingerprint density at radius 3 is 2.58 bits per heavy atom. The van der Waals surface area contributed by atoms with Crippen LogP contribution < -0.4 is 14.9 Å². The van der Waals surface area contributed by atoms with Gasteiger partial charge in [0.2, 0.25) is 0 Å². The number of rotatable bonds is 8. The molecule has 0 aliphatic rings. The summed E-state index contributed by atoms with van der Waals surface area (Å²) in [6.07, 6.45) is 2.59. The van der Waals surface area contributed by atoms with E-state index in [9.17, 15) is 0 Å². The van der Waals surface area contributed by atoms with Crippen molar-refractivity contribution in [2.24, 2.45) is 5.10 Å². The lowest BCUT2D eigenvalue weighted by Gasteiger charge is -2.12. The Morgan fingerprint density at radius 1 is 1.17 bits per heavy atom. The minimum absolute atomic E-state index is 0.502. The van der Waals surface area contributed by atoms with Crippen LogP contribution in [0, 0.1) is 0 Å². The summed E-state index contributed by atoms with van der Waals surface area (Å²) in [4.78, 5) is 0. The van der Waals surface area contributed by atoms with Gasteiger partial charge in [-0.3, -0.25) is 0 Å². The summed E-state index contributed by atoms with van der Waals surface area (Å²) in [6, 6.07) is 11.2. The van der Waals surface area contributed by atoms with Gasteiger partial charge in [0.15, 0.2) is 11.5 Å². The van der Waals surface area contributed by atoms with Gasteiger partial charge in [-0.25, -0.2) is 0 Å². The third-order valence-electron chi connectivity index (χ3n) is 3.20. The third kappa shape index (κ3) is 5.32. The Morgan fingerprint density at radius 2 is 1.92 bits per heavy atom. The normalized spacial score (nSPS) is 10.8. The molecule has 0 heterocycles. The monoisotopic (exact) mass is 366 g/mol. The number of ether oxygens (including phenoxy) is 2. The van der Waals surface area contributed by atoms with Crippen LogP contribution in [0.2, 0.25) is 10.0 Å². The molecule has 0 saturated carbocycles. The molecular weight excluding hydrogens is 347 g/mol. The molecule has 0 amide bonds. The summed E-state index contributed by atoms with van der Waals surface area (Å²) < 4.78 is 11.0. The third-order valence-corrected chi connectivity index (χ3v) is 3.74. The molecule has 2 rings (SSSR count). The molecule has 0 fully saturated rings. The number of halogens is 2. The molecular formula is C18H20Cl2N2O2. The molecule has 6 heteroatoms. The van der Waals surface area contributed by atoms with Crippen LogP contribution >= 0.6 is 23.2 Å². The van der Waals surface area contributed by atoms with Crippen molar-refractivity contribution < 1.29 is 9.47 Å². The standard InChI is InChI=1S/C18H20Cl2N2O2/c1-3-8-24-18-16(20)9-14(10-17(18)23-2)12-22-21-11-13-4-6-15(19)7-5-13/h4-7,9-10,12,21H,3,8,11H2,1-2H3/b22-12-. The average molecular weight is 367 g/mol. The Bertz CT molecular complexity index is 688. The summed E-state index contributed by atoms with van der Waals surface area (Å²) >= 11 is 12.1. The number of nitrogens with one attached hydrogen (secondary N) is 1. The van der Waals surface area contributed by atoms with Crippen molar-refractivity contribution in [3.63, 3.8) is 0 Å². The lowest BCUT2D eigenvalue weighted by molar-refractivity contribution is 0.294. The average Bonchev–Trinajstić information content (AvgIpc) is 2.59. The predicted octanol–water partition coefficient (Wildman–Crippen LogP) is 4.91. The number of hydrogen-bond donors (Lipinski definition) is 1. The molecule has 0 aliphatic heterocycles. The van der Waals surface area contributed by atoms with Crippen LogP contribution in [0.25, 0.3) is 0 Å². The highest BCUT2D eigenvalue weighted by Gasteiger charge is 2.11. The molecule has 0 bridgehead atoms. The maximum atomic E-state index is 6.27. The molecule has 0 unspecified atom stereocenters. The van der Waals surface area contributed by atoms with E-state index in [-0.39, 0.29) is 0 Å². The van der Waals surface area contributed by atoms with Crippen molar-refractivity contribution >= 4 is 29.4 Å². The van der Waals surface area contributed by atoms with Crippen LogP contribution in [0.3, 0.4) is 0 Å². The molecule has 0 spiro atoms. The first-order valence-corrected chi connectivity index (χ1v) is 8.40. The van der Waals surface area contributed by atoms with E-state index in [1.54, 1.807) is 19.4 Å². The highest BCUT2D eigenvalue weighted by molar-refractivity contribution is 6.32. The Labute approximate surface area is 152 Å². The fourth-order valence-corrected chi connectivity index (χ4v) is 2.42. The largest absolute Gasteiger partial charge is 0.493 e. The van der Waals surface area contributed by atoms with Crippen LogP contribution in [-0.4, -0.2) is 19.9 Å². The van der Waals surface area contributed by atoms with E-state index in [2.05, 4.69) is 10.5 Å². The van der Waals surface area contributed by atoms with Crippen molar-refractivity contribution in [3.8, 4) is 11.5 Å². The highest BCUT2D eigenvalue weighted by Crippen LogP contribution is 2.36. The van der Waals surface area contributed by atoms with Gasteiger partial charge in [0.05, 0.1) is 31.5 Å².